The van der Waals surface area contributed by atoms with Crippen LogP contribution >= 0.6 is 0 Å². The third-order valence-corrected chi connectivity index (χ3v) is 2.50. The van der Waals surface area contributed by atoms with E-state index >= 15 is 0 Å². The molecular formula is C16H21NO4. The number of amides is 1. The van der Waals surface area contributed by atoms with Crippen molar-refractivity contribution in [1.29, 1.82) is 0 Å². The molecule has 0 aliphatic rings. The van der Waals surface area contributed by atoms with Crippen LogP contribution in [-0.4, -0.2) is 24.6 Å². The molecule has 1 amide bonds. The fraction of sp³-hybridized carbons (Fsp3) is 0.375. The third kappa shape index (κ3) is 6.12. The zero-order valence-corrected chi connectivity index (χ0v) is 12.8. The van der Waals surface area contributed by atoms with Gasteiger partial charge in [0.15, 0.2) is 6.10 Å². The number of ether oxygens (including phenoxy) is 2. The first-order valence-electron chi connectivity index (χ1n) is 6.81. The van der Waals surface area contributed by atoms with Crippen molar-refractivity contribution in [3.63, 3.8) is 0 Å². The number of carbonyl (C=O) groups is 2. The van der Waals surface area contributed by atoms with Crippen LogP contribution < -0.4 is 10.1 Å². The van der Waals surface area contributed by atoms with Crippen LogP contribution in [0.15, 0.2) is 35.9 Å². The molecule has 0 heterocycles. The lowest BCUT2D eigenvalue weighted by Gasteiger charge is -2.13. The molecule has 0 bridgehead atoms. The Bertz CT molecular complexity index is 516. The summed E-state index contributed by atoms with van der Waals surface area (Å²) in [6, 6.07) is 6.99. The van der Waals surface area contributed by atoms with E-state index in [1.807, 2.05) is 6.92 Å². The van der Waals surface area contributed by atoms with Crippen LogP contribution in [0.1, 0.15) is 27.7 Å². The molecule has 1 aromatic carbocycles. The molecule has 1 atom stereocenters. The van der Waals surface area contributed by atoms with E-state index in [0.717, 1.165) is 11.3 Å². The Hall–Kier alpha value is -2.30. The predicted octanol–water partition coefficient (Wildman–Crippen LogP) is 2.92. The monoisotopic (exact) mass is 291 g/mol. The van der Waals surface area contributed by atoms with Gasteiger partial charge in [0, 0.05) is 11.8 Å². The van der Waals surface area contributed by atoms with Crippen LogP contribution in [-0.2, 0) is 14.3 Å². The van der Waals surface area contributed by atoms with Crippen molar-refractivity contribution in [1.82, 2.24) is 0 Å². The normalized spacial score (nSPS) is 11.2. The van der Waals surface area contributed by atoms with Gasteiger partial charge in [-0.15, -0.1) is 0 Å². The second-order valence-corrected chi connectivity index (χ2v) is 4.75. The van der Waals surface area contributed by atoms with E-state index in [-0.39, 0.29) is 5.91 Å². The van der Waals surface area contributed by atoms with Crippen molar-refractivity contribution in [3.8, 4) is 5.75 Å². The van der Waals surface area contributed by atoms with Crippen molar-refractivity contribution in [2.75, 3.05) is 11.9 Å². The summed E-state index contributed by atoms with van der Waals surface area (Å²) in [6.45, 7) is 7.58. The quantitative estimate of drug-likeness (QED) is 0.646. The molecule has 1 aromatic rings. The van der Waals surface area contributed by atoms with Gasteiger partial charge in [-0.3, -0.25) is 4.79 Å². The molecule has 0 aliphatic carbocycles. The molecule has 114 valence electrons. The molecule has 0 spiro atoms. The van der Waals surface area contributed by atoms with E-state index < -0.39 is 12.1 Å². The first-order chi connectivity index (χ1) is 9.92. The average Bonchev–Trinajstić information content (AvgIpc) is 2.40. The van der Waals surface area contributed by atoms with E-state index in [0.29, 0.717) is 12.3 Å². The molecule has 0 saturated carbocycles. The molecule has 1 N–H and O–H groups in total. The van der Waals surface area contributed by atoms with Crippen molar-refractivity contribution in [2.24, 2.45) is 0 Å². The van der Waals surface area contributed by atoms with Crippen molar-refractivity contribution in [2.45, 2.75) is 33.8 Å². The number of allylic oxidation sites excluding steroid dienone is 1. The Morgan fingerprint density at radius 3 is 2.38 bits per heavy atom. The smallest absolute Gasteiger partial charge is 0.331 e. The maximum atomic E-state index is 11.9. The van der Waals surface area contributed by atoms with Gasteiger partial charge < -0.3 is 14.8 Å². The lowest BCUT2D eigenvalue weighted by atomic mass is 10.3. The van der Waals surface area contributed by atoms with Gasteiger partial charge >= 0.3 is 5.97 Å². The zero-order valence-electron chi connectivity index (χ0n) is 12.8. The molecule has 5 heteroatoms. The summed E-state index contributed by atoms with van der Waals surface area (Å²) in [7, 11) is 0. The Balaban J connectivity index is 2.55. The van der Waals surface area contributed by atoms with Crippen molar-refractivity contribution in [3.05, 3.63) is 35.9 Å². The minimum Gasteiger partial charge on any atom is -0.494 e. The lowest BCUT2D eigenvalue weighted by molar-refractivity contribution is -0.148. The topological polar surface area (TPSA) is 64.6 Å². The number of anilines is 1. The Morgan fingerprint density at radius 2 is 1.86 bits per heavy atom. The summed E-state index contributed by atoms with van der Waals surface area (Å²) >= 11 is 0. The van der Waals surface area contributed by atoms with Crippen LogP contribution in [0, 0.1) is 0 Å². The van der Waals surface area contributed by atoms with Gasteiger partial charge in [0.1, 0.15) is 5.75 Å². The first kappa shape index (κ1) is 16.8. The molecule has 1 unspecified atom stereocenters. The summed E-state index contributed by atoms with van der Waals surface area (Å²) in [5, 5.41) is 2.68. The van der Waals surface area contributed by atoms with Crippen LogP contribution in [0.4, 0.5) is 5.69 Å². The summed E-state index contributed by atoms with van der Waals surface area (Å²) in [6.07, 6.45) is 0.486. The molecule has 0 aliphatic heterocycles. The van der Waals surface area contributed by atoms with Crippen molar-refractivity contribution >= 4 is 17.6 Å². The average molecular weight is 291 g/mol. The molecule has 5 nitrogen and oxygen atoms in total. The summed E-state index contributed by atoms with van der Waals surface area (Å²) in [5.41, 5.74) is 1.44. The Morgan fingerprint density at radius 1 is 1.24 bits per heavy atom. The van der Waals surface area contributed by atoms with Gasteiger partial charge in [-0.05, 0) is 52.0 Å². The Labute approximate surface area is 124 Å². The highest BCUT2D eigenvalue weighted by atomic mass is 16.5. The summed E-state index contributed by atoms with van der Waals surface area (Å²) < 4.78 is 10.3. The number of carbonyl (C=O) groups excluding carboxylic acids is 2. The second kappa shape index (κ2) is 8.09. The van der Waals surface area contributed by atoms with Gasteiger partial charge in [-0.25, -0.2) is 4.79 Å². The largest absolute Gasteiger partial charge is 0.494 e. The fourth-order valence-corrected chi connectivity index (χ4v) is 1.54. The van der Waals surface area contributed by atoms with E-state index in [4.69, 9.17) is 9.47 Å². The Kier molecular flexibility index (Phi) is 6.46. The first-order valence-corrected chi connectivity index (χ1v) is 6.81. The minimum absolute atomic E-state index is 0.380. The van der Waals surface area contributed by atoms with E-state index in [1.54, 1.807) is 38.1 Å². The molecule has 21 heavy (non-hydrogen) atoms. The van der Waals surface area contributed by atoms with Gasteiger partial charge in [0.05, 0.1) is 6.61 Å². The number of nitrogens with one attached hydrogen (secondary N) is 1. The van der Waals surface area contributed by atoms with E-state index in [2.05, 4.69) is 5.32 Å². The number of benzene rings is 1. The van der Waals surface area contributed by atoms with Crippen LogP contribution in [0.2, 0.25) is 0 Å². The lowest BCUT2D eigenvalue weighted by Crippen LogP contribution is -2.29. The standard InChI is InChI=1S/C16H21NO4/c1-5-20-14-8-6-13(7-9-14)17-16(19)12(4)21-15(18)10-11(2)3/h6-10,12H,5H2,1-4H3,(H,17,19). The second-order valence-electron chi connectivity index (χ2n) is 4.75. The SMILES string of the molecule is CCOc1ccc(NC(=O)C(C)OC(=O)C=C(C)C)cc1. The summed E-state index contributed by atoms with van der Waals surface area (Å²) in [4.78, 5) is 23.3. The maximum Gasteiger partial charge on any atom is 0.331 e. The summed E-state index contributed by atoms with van der Waals surface area (Å²) in [5.74, 6) is -0.169. The highest BCUT2D eigenvalue weighted by molar-refractivity contribution is 5.96. The highest BCUT2D eigenvalue weighted by Crippen LogP contribution is 2.16. The number of esters is 1. The molecule has 0 aromatic heterocycles. The number of hydrogen-bond donors (Lipinski definition) is 1. The highest BCUT2D eigenvalue weighted by Gasteiger charge is 2.16. The van der Waals surface area contributed by atoms with Gasteiger partial charge in [0.25, 0.3) is 5.91 Å². The fourth-order valence-electron chi connectivity index (χ4n) is 1.54. The third-order valence-electron chi connectivity index (χ3n) is 2.50. The minimum atomic E-state index is -0.861. The molecule has 0 saturated heterocycles. The zero-order chi connectivity index (χ0) is 15.8. The van der Waals surface area contributed by atoms with Gasteiger partial charge in [-0.1, -0.05) is 5.57 Å². The van der Waals surface area contributed by atoms with Gasteiger partial charge in [0.2, 0.25) is 0 Å². The number of hydrogen-bond acceptors (Lipinski definition) is 4. The van der Waals surface area contributed by atoms with Crippen LogP contribution in [0.5, 0.6) is 5.75 Å². The van der Waals surface area contributed by atoms with Gasteiger partial charge in [-0.2, -0.15) is 0 Å². The predicted molar refractivity (Wildman–Crippen MR) is 81.2 cm³/mol. The van der Waals surface area contributed by atoms with Crippen molar-refractivity contribution < 1.29 is 19.1 Å². The van der Waals surface area contributed by atoms with E-state index in [1.165, 1.54) is 13.0 Å². The number of rotatable bonds is 6. The molecular weight excluding hydrogens is 270 g/mol. The molecule has 1 rings (SSSR count). The van der Waals surface area contributed by atoms with Crippen LogP contribution in [0.25, 0.3) is 0 Å². The molecule has 0 fully saturated rings. The maximum absolute atomic E-state index is 11.9. The molecule has 0 radical (unpaired) electrons. The van der Waals surface area contributed by atoms with E-state index in [9.17, 15) is 9.59 Å². The van der Waals surface area contributed by atoms with Crippen LogP contribution in [0.3, 0.4) is 0 Å².